The van der Waals surface area contributed by atoms with E-state index < -0.39 is 16.9 Å². The van der Waals surface area contributed by atoms with E-state index in [1.165, 1.54) is 12.1 Å². The lowest BCUT2D eigenvalue weighted by molar-refractivity contribution is -0.384. The number of nitro benzene ring substituents is 1. The predicted molar refractivity (Wildman–Crippen MR) is 77.9 cm³/mol. The highest BCUT2D eigenvalue weighted by atomic mass is 16.6. The van der Waals surface area contributed by atoms with Crippen molar-refractivity contribution in [1.29, 1.82) is 0 Å². The number of hydrogen-bond acceptors (Lipinski definition) is 4. The van der Waals surface area contributed by atoms with E-state index in [4.69, 9.17) is 0 Å². The second-order valence-electron chi connectivity index (χ2n) is 5.65. The lowest BCUT2D eigenvalue weighted by Gasteiger charge is -2.21. The van der Waals surface area contributed by atoms with E-state index >= 15 is 0 Å². The van der Waals surface area contributed by atoms with Crippen molar-refractivity contribution < 1.29 is 14.8 Å². The van der Waals surface area contributed by atoms with Gasteiger partial charge < -0.3 is 10.0 Å². The molecule has 3 unspecified atom stereocenters. The summed E-state index contributed by atoms with van der Waals surface area (Å²) in [5.41, 5.74) is 0.644. The van der Waals surface area contributed by atoms with Crippen molar-refractivity contribution in [2.24, 2.45) is 5.92 Å². The first kappa shape index (κ1) is 15.4. The van der Waals surface area contributed by atoms with Gasteiger partial charge in [-0.3, -0.25) is 14.9 Å². The zero-order valence-electron chi connectivity index (χ0n) is 12.2. The fourth-order valence-electron chi connectivity index (χ4n) is 2.71. The van der Waals surface area contributed by atoms with Crippen molar-refractivity contribution in [3.05, 3.63) is 39.9 Å². The third-order valence-electron chi connectivity index (χ3n) is 4.17. The summed E-state index contributed by atoms with van der Waals surface area (Å²) in [7, 11) is 0. The van der Waals surface area contributed by atoms with Gasteiger partial charge in [0.25, 0.3) is 5.69 Å². The van der Waals surface area contributed by atoms with E-state index in [1.54, 1.807) is 30.9 Å². The maximum atomic E-state index is 12.5. The van der Waals surface area contributed by atoms with Crippen LogP contribution in [-0.4, -0.2) is 40.0 Å². The van der Waals surface area contributed by atoms with E-state index in [2.05, 4.69) is 0 Å². The first-order chi connectivity index (χ1) is 9.90. The Balaban J connectivity index is 2.09. The number of amides is 1. The molecule has 21 heavy (non-hydrogen) atoms. The minimum absolute atomic E-state index is 0.00423. The molecule has 0 bridgehead atoms. The summed E-state index contributed by atoms with van der Waals surface area (Å²) in [5, 5.41) is 20.4. The van der Waals surface area contributed by atoms with Crippen molar-refractivity contribution in [3.8, 4) is 0 Å². The fraction of sp³-hybridized carbons (Fsp3) is 0.533. The summed E-state index contributed by atoms with van der Waals surface area (Å²) < 4.78 is 0. The van der Waals surface area contributed by atoms with Crippen LogP contribution in [0.2, 0.25) is 0 Å². The topological polar surface area (TPSA) is 83.7 Å². The number of carbonyl (C=O) groups is 1. The van der Waals surface area contributed by atoms with Gasteiger partial charge in [0.05, 0.1) is 16.9 Å². The van der Waals surface area contributed by atoms with Gasteiger partial charge in [0, 0.05) is 31.1 Å². The molecule has 0 aliphatic carbocycles. The van der Waals surface area contributed by atoms with E-state index in [1.807, 2.05) is 0 Å². The molecule has 1 N–H and O–H groups in total. The largest absolute Gasteiger partial charge is 0.393 e. The molecule has 0 aromatic heterocycles. The smallest absolute Gasteiger partial charge is 0.269 e. The van der Waals surface area contributed by atoms with Gasteiger partial charge in [-0.15, -0.1) is 0 Å². The molecule has 6 nitrogen and oxygen atoms in total. The first-order valence-corrected chi connectivity index (χ1v) is 7.11. The molecular formula is C15H20N2O4. The quantitative estimate of drug-likeness (QED) is 0.679. The molecule has 2 rings (SSSR count). The van der Waals surface area contributed by atoms with Gasteiger partial charge >= 0.3 is 0 Å². The minimum Gasteiger partial charge on any atom is -0.393 e. The predicted octanol–water partition coefficient (Wildman–Crippen LogP) is 1.93. The number of aliphatic hydroxyl groups excluding tert-OH is 1. The zero-order chi connectivity index (χ0) is 15.6. The highest BCUT2D eigenvalue weighted by molar-refractivity contribution is 5.83. The highest BCUT2D eigenvalue weighted by Crippen LogP contribution is 2.26. The van der Waals surface area contributed by atoms with Crippen LogP contribution in [0.15, 0.2) is 24.3 Å². The second-order valence-corrected chi connectivity index (χ2v) is 5.65. The fourth-order valence-corrected chi connectivity index (χ4v) is 2.71. The number of carbonyl (C=O) groups excluding carboxylic acids is 1. The molecule has 114 valence electrons. The molecule has 1 aliphatic rings. The van der Waals surface area contributed by atoms with Gasteiger partial charge in [-0.2, -0.15) is 0 Å². The number of non-ortho nitro benzene ring substituents is 1. The summed E-state index contributed by atoms with van der Waals surface area (Å²) in [5.74, 6) is -0.345. The molecule has 0 saturated carbocycles. The number of rotatable bonds is 4. The lowest BCUT2D eigenvalue weighted by atomic mass is 9.99. The normalized spacial score (nSPS) is 21.1. The Morgan fingerprint density at radius 1 is 1.48 bits per heavy atom. The van der Waals surface area contributed by atoms with Gasteiger partial charge in [0.15, 0.2) is 0 Å². The molecule has 1 aromatic carbocycles. The number of hydrogen-bond donors (Lipinski definition) is 1. The van der Waals surface area contributed by atoms with E-state index in [0.29, 0.717) is 18.7 Å². The standard InChI is InChI=1S/C15H20N2O4/c1-10(12-4-3-5-14(8-12)17(20)21)15(19)16-7-6-13(9-16)11(2)18/h3-5,8,10-11,13,18H,6-7,9H2,1-2H3. The maximum Gasteiger partial charge on any atom is 0.269 e. The molecule has 0 spiro atoms. The molecule has 1 amide bonds. The molecule has 6 heteroatoms. The molecule has 1 heterocycles. The van der Waals surface area contributed by atoms with Crippen molar-refractivity contribution in [3.63, 3.8) is 0 Å². The average Bonchev–Trinajstić information content (AvgIpc) is 2.95. The van der Waals surface area contributed by atoms with Crippen molar-refractivity contribution >= 4 is 11.6 Å². The summed E-state index contributed by atoms with van der Waals surface area (Å²) in [4.78, 5) is 24.6. The van der Waals surface area contributed by atoms with Gasteiger partial charge in [0.2, 0.25) is 5.91 Å². The molecule has 1 aromatic rings. The van der Waals surface area contributed by atoms with Crippen molar-refractivity contribution in [1.82, 2.24) is 4.90 Å². The minimum atomic E-state index is -0.458. The Morgan fingerprint density at radius 3 is 2.76 bits per heavy atom. The summed E-state index contributed by atoms with van der Waals surface area (Å²) in [6.07, 6.45) is 0.376. The summed E-state index contributed by atoms with van der Waals surface area (Å²) in [6, 6.07) is 6.20. The number of benzene rings is 1. The molecule has 0 radical (unpaired) electrons. The van der Waals surface area contributed by atoms with Crippen LogP contribution in [0, 0.1) is 16.0 Å². The van der Waals surface area contributed by atoms with Crippen LogP contribution in [0.5, 0.6) is 0 Å². The Morgan fingerprint density at radius 2 is 2.19 bits per heavy atom. The number of likely N-dealkylation sites (tertiary alicyclic amines) is 1. The monoisotopic (exact) mass is 292 g/mol. The van der Waals surface area contributed by atoms with E-state index in [9.17, 15) is 20.0 Å². The van der Waals surface area contributed by atoms with Gasteiger partial charge in [0.1, 0.15) is 0 Å². The Bertz CT molecular complexity index is 544. The van der Waals surface area contributed by atoms with E-state index in [0.717, 1.165) is 6.42 Å². The number of nitro groups is 1. The Labute approximate surface area is 123 Å². The third kappa shape index (κ3) is 3.39. The van der Waals surface area contributed by atoms with Crippen molar-refractivity contribution in [2.45, 2.75) is 32.3 Å². The van der Waals surface area contributed by atoms with Crippen LogP contribution in [0.3, 0.4) is 0 Å². The Hall–Kier alpha value is -1.95. The molecule has 3 atom stereocenters. The molecule has 1 aliphatic heterocycles. The average molecular weight is 292 g/mol. The van der Waals surface area contributed by atoms with Crippen LogP contribution < -0.4 is 0 Å². The van der Waals surface area contributed by atoms with Gasteiger partial charge in [-0.1, -0.05) is 12.1 Å². The number of aliphatic hydroxyl groups is 1. The van der Waals surface area contributed by atoms with E-state index in [-0.39, 0.29) is 17.5 Å². The third-order valence-corrected chi connectivity index (χ3v) is 4.17. The van der Waals surface area contributed by atoms with Crippen LogP contribution in [0.25, 0.3) is 0 Å². The second kappa shape index (κ2) is 6.22. The molecule has 1 fully saturated rings. The first-order valence-electron chi connectivity index (χ1n) is 7.11. The SMILES string of the molecule is CC(C(=O)N1CCC(C(C)O)C1)c1cccc([N+](=O)[O-])c1. The maximum absolute atomic E-state index is 12.5. The summed E-state index contributed by atoms with van der Waals surface area (Å²) in [6.45, 7) is 4.68. The highest BCUT2D eigenvalue weighted by Gasteiger charge is 2.31. The Kier molecular flexibility index (Phi) is 4.57. The zero-order valence-corrected chi connectivity index (χ0v) is 12.2. The lowest BCUT2D eigenvalue weighted by Crippen LogP contribution is -2.33. The van der Waals surface area contributed by atoms with Crippen LogP contribution in [-0.2, 0) is 4.79 Å². The van der Waals surface area contributed by atoms with Crippen LogP contribution in [0.1, 0.15) is 31.7 Å². The summed E-state index contributed by atoms with van der Waals surface area (Å²) >= 11 is 0. The number of nitrogens with zero attached hydrogens (tertiary/aromatic N) is 2. The van der Waals surface area contributed by atoms with Crippen LogP contribution >= 0.6 is 0 Å². The van der Waals surface area contributed by atoms with Crippen molar-refractivity contribution in [2.75, 3.05) is 13.1 Å². The van der Waals surface area contributed by atoms with Gasteiger partial charge in [-0.25, -0.2) is 0 Å². The van der Waals surface area contributed by atoms with Gasteiger partial charge in [-0.05, 0) is 25.8 Å². The molecular weight excluding hydrogens is 272 g/mol. The van der Waals surface area contributed by atoms with Crippen LogP contribution in [0.4, 0.5) is 5.69 Å². The molecule has 1 saturated heterocycles.